The van der Waals surface area contributed by atoms with Gasteiger partial charge in [-0.1, -0.05) is 60.7 Å². The van der Waals surface area contributed by atoms with Gasteiger partial charge in [0.25, 0.3) is 0 Å². The third kappa shape index (κ3) is 4.68. The number of thiophene rings is 1. The molecule has 0 bridgehead atoms. The number of ketones is 1. The van der Waals surface area contributed by atoms with Crippen molar-refractivity contribution in [3.8, 4) is 11.1 Å². The molecule has 2 heterocycles. The van der Waals surface area contributed by atoms with E-state index in [2.05, 4.69) is 10.3 Å². The van der Waals surface area contributed by atoms with Crippen LogP contribution in [-0.2, 0) is 12.7 Å². The van der Waals surface area contributed by atoms with Crippen molar-refractivity contribution in [2.45, 2.75) is 12.7 Å². The van der Waals surface area contributed by atoms with Crippen LogP contribution >= 0.6 is 11.3 Å². The summed E-state index contributed by atoms with van der Waals surface area (Å²) in [6, 6.07) is 24.0. The van der Waals surface area contributed by atoms with Crippen LogP contribution in [-0.4, -0.2) is 10.8 Å². The number of halogens is 3. The summed E-state index contributed by atoms with van der Waals surface area (Å²) in [4.78, 5) is 18.7. The van der Waals surface area contributed by atoms with Gasteiger partial charge in [-0.15, -0.1) is 11.3 Å². The lowest BCUT2D eigenvalue weighted by Crippen LogP contribution is -2.09. The molecule has 1 N–H and O–H groups in total. The van der Waals surface area contributed by atoms with E-state index in [9.17, 15) is 18.0 Å². The van der Waals surface area contributed by atoms with Crippen LogP contribution in [0.4, 0.5) is 18.9 Å². The molecular weight excluding hydrogens is 469 g/mol. The van der Waals surface area contributed by atoms with Gasteiger partial charge in [-0.25, -0.2) is 0 Å². The number of rotatable bonds is 6. The third-order valence-electron chi connectivity index (χ3n) is 5.68. The zero-order valence-corrected chi connectivity index (χ0v) is 19.2. The van der Waals surface area contributed by atoms with Gasteiger partial charge in [-0.05, 0) is 35.2 Å². The van der Waals surface area contributed by atoms with E-state index in [1.54, 1.807) is 53.8 Å². The second-order valence-corrected chi connectivity index (χ2v) is 8.99. The molecule has 174 valence electrons. The molecule has 0 atom stereocenters. The number of benzene rings is 3. The second-order valence-electron chi connectivity index (χ2n) is 7.96. The molecule has 0 aliphatic carbocycles. The third-order valence-corrected chi connectivity index (χ3v) is 6.56. The van der Waals surface area contributed by atoms with Gasteiger partial charge < -0.3 is 5.32 Å². The number of pyridine rings is 1. The standard InChI is InChI=1S/C28H19F3N2OS/c29-28(30,31)24-13-5-12-22-25(19-9-4-10-20(15-19)32-16-21-11-6-14-35-21)23(17-33-26(22)24)27(34)18-7-2-1-3-8-18/h1-15,17,32H,16H2. The van der Waals surface area contributed by atoms with E-state index >= 15 is 0 Å². The van der Waals surface area contributed by atoms with Crippen LogP contribution < -0.4 is 5.32 Å². The van der Waals surface area contributed by atoms with Gasteiger partial charge >= 0.3 is 6.18 Å². The van der Waals surface area contributed by atoms with Crippen LogP contribution in [0.1, 0.15) is 26.4 Å². The minimum absolute atomic E-state index is 0.184. The molecule has 0 spiro atoms. The fourth-order valence-corrected chi connectivity index (χ4v) is 4.71. The van der Waals surface area contributed by atoms with E-state index in [1.807, 2.05) is 35.7 Å². The molecule has 35 heavy (non-hydrogen) atoms. The molecule has 3 aromatic carbocycles. The molecule has 5 aromatic rings. The number of carbonyl (C=O) groups excluding carboxylic acids is 1. The predicted octanol–water partition coefficient (Wildman–Crippen LogP) is 7.83. The molecule has 3 nitrogen and oxygen atoms in total. The maximum absolute atomic E-state index is 13.8. The molecule has 0 saturated carbocycles. The maximum Gasteiger partial charge on any atom is 0.418 e. The van der Waals surface area contributed by atoms with E-state index < -0.39 is 11.7 Å². The van der Waals surface area contributed by atoms with Crippen molar-refractivity contribution in [1.29, 1.82) is 0 Å². The molecule has 0 fully saturated rings. The van der Waals surface area contributed by atoms with E-state index in [-0.39, 0.29) is 22.2 Å². The SMILES string of the molecule is O=C(c1ccccc1)c1cnc2c(C(F)(F)F)cccc2c1-c1cccc(NCc2cccs2)c1. The summed E-state index contributed by atoms with van der Waals surface area (Å²) in [6.45, 7) is 0.617. The Labute approximate surface area is 203 Å². The summed E-state index contributed by atoms with van der Waals surface area (Å²) < 4.78 is 41.3. The van der Waals surface area contributed by atoms with Crippen molar-refractivity contribution < 1.29 is 18.0 Å². The summed E-state index contributed by atoms with van der Waals surface area (Å²) >= 11 is 1.63. The summed E-state index contributed by atoms with van der Waals surface area (Å²) in [5.41, 5.74) is 1.53. The minimum atomic E-state index is -4.57. The normalized spacial score (nSPS) is 11.5. The molecule has 0 aliphatic rings. The number of alkyl halides is 3. The summed E-state index contributed by atoms with van der Waals surface area (Å²) in [6.07, 6.45) is -3.31. The molecule has 0 amide bonds. The summed E-state index contributed by atoms with van der Waals surface area (Å²) in [7, 11) is 0. The zero-order chi connectivity index (χ0) is 24.4. The van der Waals surface area contributed by atoms with Crippen molar-refractivity contribution in [3.63, 3.8) is 0 Å². The Morgan fingerprint density at radius 2 is 1.71 bits per heavy atom. The molecule has 5 rings (SSSR count). The smallest absolute Gasteiger partial charge is 0.380 e. The van der Waals surface area contributed by atoms with Crippen molar-refractivity contribution in [1.82, 2.24) is 4.98 Å². The molecular formula is C28H19F3N2OS. The Bertz CT molecular complexity index is 1500. The summed E-state index contributed by atoms with van der Waals surface area (Å²) in [5, 5.41) is 5.62. The highest BCUT2D eigenvalue weighted by atomic mass is 32.1. The largest absolute Gasteiger partial charge is 0.418 e. The first-order chi connectivity index (χ1) is 16.9. The monoisotopic (exact) mass is 488 g/mol. The average Bonchev–Trinajstić information content (AvgIpc) is 3.40. The number of aromatic nitrogens is 1. The first-order valence-corrected chi connectivity index (χ1v) is 11.7. The van der Waals surface area contributed by atoms with Gasteiger partial charge in [-0.3, -0.25) is 9.78 Å². The summed E-state index contributed by atoms with van der Waals surface area (Å²) in [5.74, 6) is -0.302. The molecule has 0 aliphatic heterocycles. The van der Waals surface area contributed by atoms with Gasteiger partial charge in [0, 0.05) is 45.4 Å². The van der Waals surface area contributed by atoms with Gasteiger partial charge in [0.15, 0.2) is 5.78 Å². The Kier molecular flexibility index (Phi) is 6.09. The topological polar surface area (TPSA) is 42.0 Å². The number of carbonyl (C=O) groups is 1. The van der Waals surface area contributed by atoms with Crippen LogP contribution in [0.15, 0.2) is 96.5 Å². The number of nitrogens with zero attached hydrogens (tertiary/aromatic N) is 1. The lowest BCUT2D eigenvalue weighted by molar-refractivity contribution is -0.136. The van der Waals surface area contributed by atoms with E-state index in [0.717, 1.165) is 16.6 Å². The average molecular weight is 489 g/mol. The Morgan fingerprint density at radius 1 is 0.914 bits per heavy atom. The van der Waals surface area contributed by atoms with Gasteiger partial charge in [0.05, 0.1) is 11.1 Å². The van der Waals surface area contributed by atoms with Crippen molar-refractivity contribution in [2.24, 2.45) is 0 Å². The first kappa shape index (κ1) is 22.8. The lowest BCUT2D eigenvalue weighted by atomic mass is 9.91. The fourth-order valence-electron chi connectivity index (χ4n) is 4.07. The fraction of sp³-hybridized carbons (Fsp3) is 0.0714. The Balaban J connectivity index is 1.68. The highest BCUT2D eigenvalue weighted by Gasteiger charge is 2.34. The van der Waals surface area contributed by atoms with Crippen molar-refractivity contribution >= 4 is 33.7 Å². The van der Waals surface area contributed by atoms with Crippen LogP contribution in [0.25, 0.3) is 22.0 Å². The molecule has 0 unspecified atom stereocenters. The van der Waals surface area contributed by atoms with Crippen LogP contribution in [0.2, 0.25) is 0 Å². The second kappa shape index (κ2) is 9.35. The quantitative estimate of drug-likeness (QED) is 0.248. The van der Waals surface area contributed by atoms with E-state index in [0.29, 0.717) is 23.2 Å². The van der Waals surface area contributed by atoms with Crippen LogP contribution in [0.3, 0.4) is 0 Å². The number of fused-ring (bicyclic) bond motifs is 1. The van der Waals surface area contributed by atoms with Crippen molar-refractivity contribution in [3.05, 3.63) is 118 Å². The molecule has 7 heteroatoms. The number of nitrogens with one attached hydrogen (secondary N) is 1. The number of para-hydroxylation sites is 1. The van der Waals surface area contributed by atoms with E-state index in [4.69, 9.17) is 0 Å². The zero-order valence-electron chi connectivity index (χ0n) is 18.3. The number of hydrogen-bond donors (Lipinski definition) is 1. The van der Waals surface area contributed by atoms with E-state index in [1.165, 1.54) is 12.3 Å². The first-order valence-electron chi connectivity index (χ1n) is 10.9. The highest BCUT2D eigenvalue weighted by Crippen LogP contribution is 2.39. The predicted molar refractivity (Wildman–Crippen MR) is 134 cm³/mol. The van der Waals surface area contributed by atoms with Gasteiger partial charge in [-0.2, -0.15) is 13.2 Å². The van der Waals surface area contributed by atoms with Gasteiger partial charge in [0.1, 0.15) is 0 Å². The van der Waals surface area contributed by atoms with Crippen LogP contribution in [0, 0.1) is 0 Å². The van der Waals surface area contributed by atoms with Crippen molar-refractivity contribution in [2.75, 3.05) is 5.32 Å². The molecule has 2 aromatic heterocycles. The molecule has 0 radical (unpaired) electrons. The highest BCUT2D eigenvalue weighted by molar-refractivity contribution is 7.09. The lowest BCUT2D eigenvalue weighted by Gasteiger charge is -2.16. The molecule has 0 saturated heterocycles. The number of hydrogen-bond acceptors (Lipinski definition) is 4. The number of anilines is 1. The Hall–Kier alpha value is -3.97. The van der Waals surface area contributed by atoms with Gasteiger partial charge in [0.2, 0.25) is 0 Å². The van der Waals surface area contributed by atoms with Crippen LogP contribution in [0.5, 0.6) is 0 Å². The maximum atomic E-state index is 13.8. The minimum Gasteiger partial charge on any atom is -0.380 e. The Morgan fingerprint density at radius 3 is 2.46 bits per heavy atom.